The second-order valence-electron chi connectivity index (χ2n) is 6.50. The van der Waals surface area contributed by atoms with Crippen molar-refractivity contribution in [3.05, 3.63) is 0 Å². The number of ether oxygens (including phenoxy) is 2. The van der Waals surface area contributed by atoms with E-state index in [1.54, 1.807) is 39.7 Å². The third-order valence-electron chi connectivity index (χ3n) is 3.58. The number of hydrogen-bond acceptors (Lipinski definition) is 5. The number of amides is 2. The molecule has 2 amide bonds. The van der Waals surface area contributed by atoms with Crippen LogP contribution >= 0.6 is 0 Å². The van der Waals surface area contributed by atoms with E-state index < -0.39 is 17.7 Å². The first-order valence-corrected chi connectivity index (χ1v) is 7.61. The molecule has 1 saturated heterocycles. The van der Waals surface area contributed by atoms with Crippen LogP contribution in [0.25, 0.3) is 0 Å². The molecule has 0 aromatic rings. The van der Waals surface area contributed by atoms with Gasteiger partial charge in [0.2, 0.25) is 5.91 Å². The lowest BCUT2D eigenvalue weighted by atomic mass is 10.1. The molecule has 0 aromatic carbocycles. The van der Waals surface area contributed by atoms with E-state index in [2.05, 4.69) is 0 Å². The fraction of sp³-hybridized carbons (Fsp3) is 0.867. The van der Waals surface area contributed by atoms with Crippen molar-refractivity contribution >= 4 is 12.0 Å². The Morgan fingerprint density at radius 3 is 2.55 bits per heavy atom. The summed E-state index contributed by atoms with van der Waals surface area (Å²) in [6.45, 7) is 8.26. The van der Waals surface area contributed by atoms with E-state index in [0.29, 0.717) is 26.1 Å². The van der Waals surface area contributed by atoms with Gasteiger partial charge in [0, 0.05) is 26.8 Å². The summed E-state index contributed by atoms with van der Waals surface area (Å²) < 4.78 is 10.5. The van der Waals surface area contributed by atoms with Gasteiger partial charge in [-0.25, -0.2) is 4.79 Å². The van der Waals surface area contributed by atoms with Crippen molar-refractivity contribution in [1.29, 1.82) is 0 Å². The van der Waals surface area contributed by atoms with Gasteiger partial charge < -0.3 is 19.5 Å². The van der Waals surface area contributed by atoms with Gasteiger partial charge in [-0.05, 0) is 34.1 Å². The zero-order valence-corrected chi connectivity index (χ0v) is 14.2. The summed E-state index contributed by atoms with van der Waals surface area (Å²) >= 11 is 0. The van der Waals surface area contributed by atoms with E-state index in [-0.39, 0.29) is 18.6 Å². The maximum atomic E-state index is 12.5. The highest BCUT2D eigenvalue weighted by molar-refractivity contribution is 5.86. The highest BCUT2D eigenvalue weighted by atomic mass is 16.6. The predicted molar refractivity (Wildman–Crippen MR) is 81.5 cm³/mol. The van der Waals surface area contributed by atoms with Gasteiger partial charge in [-0.1, -0.05) is 0 Å². The second kappa shape index (κ2) is 7.78. The SMILES string of the molecule is COC[C@H](CCO)N1CCN(C(=O)OC(C)(C)C)C(C)C1=O. The molecule has 0 bridgehead atoms. The van der Waals surface area contributed by atoms with E-state index in [0.717, 1.165) is 0 Å². The standard InChI is InChI=1S/C15H28N2O5/c1-11-13(19)17(12(6-9-18)10-21-5)8-7-16(11)14(20)22-15(2,3)4/h11-12,18H,6-10H2,1-5H3/t11?,12-/m0/s1. The first-order valence-electron chi connectivity index (χ1n) is 7.61. The number of hydrogen-bond donors (Lipinski definition) is 1. The van der Waals surface area contributed by atoms with Gasteiger partial charge in [0.05, 0.1) is 12.6 Å². The molecule has 22 heavy (non-hydrogen) atoms. The molecule has 1 fully saturated rings. The summed E-state index contributed by atoms with van der Waals surface area (Å²) in [6.07, 6.45) is -0.0166. The Morgan fingerprint density at radius 1 is 1.41 bits per heavy atom. The molecule has 1 unspecified atom stereocenters. The molecule has 7 nitrogen and oxygen atoms in total. The van der Waals surface area contributed by atoms with Crippen LogP contribution in [0.4, 0.5) is 4.79 Å². The Kier molecular flexibility index (Phi) is 6.62. The lowest BCUT2D eigenvalue weighted by Crippen LogP contribution is -2.61. The highest BCUT2D eigenvalue weighted by Crippen LogP contribution is 2.19. The third kappa shape index (κ3) is 4.84. The maximum Gasteiger partial charge on any atom is 0.411 e. The van der Waals surface area contributed by atoms with Crippen molar-refractivity contribution in [2.45, 2.75) is 51.8 Å². The van der Waals surface area contributed by atoms with Crippen LogP contribution in [-0.2, 0) is 14.3 Å². The molecule has 1 aliphatic rings. The van der Waals surface area contributed by atoms with Gasteiger partial charge in [-0.15, -0.1) is 0 Å². The molecular formula is C15H28N2O5. The van der Waals surface area contributed by atoms with Crippen LogP contribution in [0.1, 0.15) is 34.1 Å². The molecule has 0 radical (unpaired) electrons. The molecule has 2 atom stereocenters. The second-order valence-corrected chi connectivity index (χ2v) is 6.50. The molecule has 1 rings (SSSR count). The first-order chi connectivity index (χ1) is 10.2. The molecule has 0 aliphatic carbocycles. The van der Waals surface area contributed by atoms with E-state index >= 15 is 0 Å². The van der Waals surface area contributed by atoms with E-state index in [1.807, 2.05) is 0 Å². The summed E-state index contributed by atoms with van der Waals surface area (Å²) in [5.74, 6) is -0.146. The molecule has 1 N–H and O–H groups in total. The Labute approximate surface area is 132 Å². The molecule has 0 aromatic heterocycles. The van der Waals surface area contributed by atoms with Crippen LogP contribution in [0.5, 0.6) is 0 Å². The highest BCUT2D eigenvalue weighted by Gasteiger charge is 2.38. The van der Waals surface area contributed by atoms with Gasteiger partial charge >= 0.3 is 6.09 Å². The molecule has 0 spiro atoms. The van der Waals surface area contributed by atoms with Gasteiger partial charge in [0.15, 0.2) is 0 Å². The zero-order valence-electron chi connectivity index (χ0n) is 14.2. The fourth-order valence-corrected chi connectivity index (χ4v) is 2.50. The van der Waals surface area contributed by atoms with Crippen LogP contribution < -0.4 is 0 Å². The van der Waals surface area contributed by atoms with Gasteiger partial charge in [-0.3, -0.25) is 9.69 Å². The van der Waals surface area contributed by atoms with Gasteiger partial charge in [0.25, 0.3) is 0 Å². The predicted octanol–water partition coefficient (Wildman–Crippen LogP) is 0.852. The maximum absolute atomic E-state index is 12.5. The Balaban J connectivity index is 2.75. The minimum Gasteiger partial charge on any atom is -0.444 e. The number of aliphatic hydroxyl groups is 1. The normalized spacial score (nSPS) is 21.0. The molecule has 7 heteroatoms. The smallest absolute Gasteiger partial charge is 0.411 e. The molecule has 1 aliphatic heterocycles. The lowest BCUT2D eigenvalue weighted by Gasteiger charge is -2.42. The molecule has 0 saturated carbocycles. The Bertz CT molecular complexity index is 388. The summed E-state index contributed by atoms with van der Waals surface area (Å²) in [5, 5.41) is 9.14. The number of piperazine rings is 1. The van der Waals surface area contributed by atoms with Gasteiger partial charge in [0.1, 0.15) is 11.6 Å². The number of carbonyl (C=O) groups excluding carboxylic acids is 2. The minimum atomic E-state index is -0.591. The topological polar surface area (TPSA) is 79.3 Å². The van der Waals surface area contributed by atoms with Crippen molar-refractivity contribution < 1.29 is 24.2 Å². The summed E-state index contributed by atoms with van der Waals surface area (Å²) in [4.78, 5) is 27.8. The van der Waals surface area contributed by atoms with Crippen LogP contribution in [0.2, 0.25) is 0 Å². The first kappa shape index (κ1) is 18.7. The average Bonchev–Trinajstić information content (AvgIpc) is 2.39. The number of nitrogens with zero attached hydrogens (tertiary/aromatic N) is 2. The Hall–Kier alpha value is -1.34. The number of aliphatic hydroxyl groups excluding tert-OH is 1. The molecule has 128 valence electrons. The Morgan fingerprint density at radius 2 is 2.05 bits per heavy atom. The number of rotatable bonds is 5. The molecule has 1 heterocycles. The van der Waals surface area contributed by atoms with Crippen LogP contribution in [0, 0.1) is 0 Å². The van der Waals surface area contributed by atoms with E-state index in [9.17, 15) is 9.59 Å². The summed E-state index contributed by atoms with van der Waals surface area (Å²) in [5.41, 5.74) is -0.591. The van der Waals surface area contributed by atoms with Crippen molar-refractivity contribution in [2.24, 2.45) is 0 Å². The largest absolute Gasteiger partial charge is 0.444 e. The van der Waals surface area contributed by atoms with Crippen molar-refractivity contribution in [1.82, 2.24) is 9.80 Å². The number of carbonyl (C=O) groups is 2. The third-order valence-corrected chi connectivity index (χ3v) is 3.58. The van der Waals surface area contributed by atoms with E-state index in [4.69, 9.17) is 14.6 Å². The van der Waals surface area contributed by atoms with E-state index in [1.165, 1.54) is 4.90 Å². The van der Waals surface area contributed by atoms with Crippen LogP contribution in [-0.4, -0.2) is 78.0 Å². The van der Waals surface area contributed by atoms with Crippen molar-refractivity contribution in [3.8, 4) is 0 Å². The lowest BCUT2D eigenvalue weighted by molar-refractivity contribution is -0.145. The van der Waals surface area contributed by atoms with Crippen LogP contribution in [0.15, 0.2) is 0 Å². The monoisotopic (exact) mass is 316 g/mol. The summed E-state index contributed by atoms with van der Waals surface area (Å²) in [6, 6.07) is -0.757. The fourth-order valence-electron chi connectivity index (χ4n) is 2.50. The average molecular weight is 316 g/mol. The van der Waals surface area contributed by atoms with Crippen LogP contribution in [0.3, 0.4) is 0 Å². The summed E-state index contributed by atoms with van der Waals surface area (Å²) in [7, 11) is 1.56. The number of methoxy groups -OCH3 is 1. The van der Waals surface area contributed by atoms with Crippen molar-refractivity contribution in [2.75, 3.05) is 33.4 Å². The van der Waals surface area contributed by atoms with Crippen molar-refractivity contribution in [3.63, 3.8) is 0 Å². The quantitative estimate of drug-likeness (QED) is 0.813. The van der Waals surface area contributed by atoms with Gasteiger partial charge in [-0.2, -0.15) is 0 Å². The minimum absolute atomic E-state index is 0.0119. The zero-order chi connectivity index (χ0) is 16.9. The molecular weight excluding hydrogens is 288 g/mol.